The molecule has 21 heavy (non-hydrogen) atoms. The van der Waals surface area contributed by atoms with Gasteiger partial charge >= 0.3 is 12.0 Å². The molecule has 5 nitrogen and oxygen atoms in total. The van der Waals surface area contributed by atoms with Crippen molar-refractivity contribution in [2.75, 3.05) is 5.32 Å². The average Bonchev–Trinajstić information content (AvgIpc) is 2.32. The molecule has 0 heterocycles. The molecule has 116 valence electrons. The number of aliphatic carboxylic acids is 1. The number of rotatable bonds is 5. The minimum Gasteiger partial charge on any atom is -0.481 e. The van der Waals surface area contributed by atoms with Crippen LogP contribution >= 0.6 is 15.9 Å². The number of hydrogen-bond acceptors (Lipinski definition) is 2. The highest BCUT2D eigenvalue weighted by Crippen LogP contribution is 2.24. The Bertz CT molecular complexity index is 565. The molecular weight excluding hydrogens is 350 g/mol. The summed E-state index contributed by atoms with van der Waals surface area (Å²) in [6, 6.07) is 1.04. The molecule has 0 aliphatic rings. The second-order valence-electron chi connectivity index (χ2n) is 5.11. The van der Waals surface area contributed by atoms with Gasteiger partial charge in [0.1, 0.15) is 5.82 Å². The first-order valence-corrected chi connectivity index (χ1v) is 6.85. The van der Waals surface area contributed by atoms with Gasteiger partial charge in [-0.2, -0.15) is 0 Å². The summed E-state index contributed by atoms with van der Waals surface area (Å²) in [5.41, 5.74) is -1.11. The quantitative estimate of drug-likeness (QED) is 0.699. The standard InChI is InChI=1S/C13H15BrF2N2O3/c1-13(2,4-3-10(19)20)18-12(21)17-9-6-7(15)5-8(14)11(9)16/h5-6H,3-4H2,1-2H3,(H,19,20)(H2,17,18,21). The van der Waals surface area contributed by atoms with E-state index in [1.165, 1.54) is 0 Å². The number of carboxylic acids is 1. The van der Waals surface area contributed by atoms with Gasteiger partial charge in [0.2, 0.25) is 0 Å². The van der Waals surface area contributed by atoms with Crippen molar-refractivity contribution < 1.29 is 23.5 Å². The summed E-state index contributed by atoms with van der Waals surface area (Å²) in [5, 5.41) is 13.3. The van der Waals surface area contributed by atoms with Crippen LogP contribution in [0.1, 0.15) is 26.7 Å². The molecule has 1 aromatic rings. The Morgan fingerprint density at radius 3 is 2.52 bits per heavy atom. The molecule has 0 saturated heterocycles. The van der Waals surface area contributed by atoms with Crippen molar-refractivity contribution in [3.63, 3.8) is 0 Å². The van der Waals surface area contributed by atoms with E-state index in [0.717, 1.165) is 12.1 Å². The maximum atomic E-state index is 13.7. The van der Waals surface area contributed by atoms with Crippen molar-refractivity contribution in [3.8, 4) is 0 Å². The number of carbonyl (C=O) groups excluding carboxylic acids is 1. The third-order valence-electron chi connectivity index (χ3n) is 2.66. The topological polar surface area (TPSA) is 78.4 Å². The number of hydrogen-bond donors (Lipinski definition) is 3. The van der Waals surface area contributed by atoms with Crippen molar-refractivity contribution in [1.29, 1.82) is 0 Å². The number of carboxylic acid groups (broad SMARTS) is 1. The van der Waals surface area contributed by atoms with Crippen LogP contribution in [0.3, 0.4) is 0 Å². The summed E-state index contributed by atoms with van der Waals surface area (Å²) < 4.78 is 26.8. The summed E-state index contributed by atoms with van der Waals surface area (Å²) in [6.07, 6.45) is 0.0816. The number of anilines is 1. The van der Waals surface area contributed by atoms with Crippen molar-refractivity contribution in [1.82, 2.24) is 5.32 Å². The smallest absolute Gasteiger partial charge is 0.319 e. The van der Waals surface area contributed by atoms with Gasteiger partial charge in [0.25, 0.3) is 0 Å². The fourth-order valence-corrected chi connectivity index (χ4v) is 2.02. The molecule has 0 aromatic heterocycles. The molecule has 0 bridgehead atoms. The molecule has 0 unspecified atom stereocenters. The fraction of sp³-hybridized carbons (Fsp3) is 0.385. The van der Waals surface area contributed by atoms with E-state index in [1.807, 2.05) is 0 Å². The predicted octanol–water partition coefficient (Wildman–Crippen LogP) is 3.49. The van der Waals surface area contributed by atoms with Gasteiger partial charge in [-0.15, -0.1) is 0 Å². The van der Waals surface area contributed by atoms with Crippen molar-refractivity contribution in [2.24, 2.45) is 0 Å². The highest BCUT2D eigenvalue weighted by molar-refractivity contribution is 9.10. The summed E-state index contributed by atoms with van der Waals surface area (Å²) in [4.78, 5) is 22.3. The van der Waals surface area contributed by atoms with Gasteiger partial charge in [-0.3, -0.25) is 4.79 Å². The first-order valence-electron chi connectivity index (χ1n) is 6.06. The van der Waals surface area contributed by atoms with E-state index in [1.54, 1.807) is 13.8 Å². The zero-order valence-corrected chi connectivity index (χ0v) is 13.1. The van der Waals surface area contributed by atoms with Crippen LogP contribution in [0.5, 0.6) is 0 Å². The number of amides is 2. The van der Waals surface area contributed by atoms with Crippen molar-refractivity contribution in [3.05, 3.63) is 28.2 Å². The molecule has 0 aliphatic carbocycles. The van der Waals surface area contributed by atoms with Gasteiger partial charge in [0.15, 0.2) is 5.82 Å². The van der Waals surface area contributed by atoms with Crippen LogP contribution in [0.15, 0.2) is 16.6 Å². The lowest BCUT2D eigenvalue weighted by Gasteiger charge is -2.25. The second kappa shape index (κ2) is 6.84. The maximum absolute atomic E-state index is 13.7. The highest BCUT2D eigenvalue weighted by Gasteiger charge is 2.22. The molecule has 0 aliphatic heterocycles. The maximum Gasteiger partial charge on any atom is 0.319 e. The van der Waals surface area contributed by atoms with Gasteiger partial charge in [0, 0.05) is 18.0 Å². The summed E-state index contributed by atoms with van der Waals surface area (Å²) in [6.45, 7) is 3.26. The second-order valence-corrected chi connectivity index (χ2v) is 5.96. The average molecular weight is 365 g/mol. The van der Waals surface area contributed by atoms with Crippen LogP contribution in [0.25, 0.3) is 0 Å². The number of benzene rings is 1. The Kier molecular flexibility index (Phi) is 5.65. The van der Waals surface area contributed by atoms with Crippen LogP contribution in [0.4, 0.5) is 19.3 Å². The first-order chi connectivity index (χ1) is 9.60. The van der Waals surface area contributed by atoms with Crippen LogP contribution in [0.2, 0.25) is 0 Å². The largest absolute Gasteiger partial charge is 0.481 e. The van der Waals surface area contributed by atoms with E-state index in [0.29, 0.717) is 0 Å². The lowest BCUT2D eigenvalue weighted by Crippen LogP contribution is -2.45. The number of nitrogens with one attached hydrogen (secondary N) is 2. The Balaban J connectivity index is 2.72. The van der Waals surface area contributed by atoms with Crippen LogP contribution in [0, 0.1) is 11.6 Å². The molecule has 8 heteroatoms. The van der Waals surface area contributed by atoms with E-state index in [4.69, 9.17) is 5.11 Å². The molecule has 0 radical (unpaired) electrons. The lowest BCUT2D eigenvalue weighted by atomic mass is 9.99. The van der Waals surface area contributed by atoms with Gasteiger partial charge in [-0.25, -0.2) is 13.6 Å². The Labute approximate surface area is 128 Å². The van der Waals surface area contributed by atoms with Gasteiger partial charge in [0.05, 0.1) is 10.2 Å². The van der Waals surface area contributed by atoms with Crippen LogP contribution in [-0.2, 0) is 4.79 Å². The van der Waals surface area contributed by atoms with E-state index in [-0.39, 0.29) is 23.0 Å². The van der Waals surface area contributed by atoms with E-state index in [9.17, 15) is 18.4 Å². The first kappa shape index (κ1) is 17.4. The van der Waals surface area contributed by atoms with Crippen LogP contribution < -0.4 is 10.6 Å². The van der Waals surface area contributed by atoms with Crippen molar-refractivity contribution in [2.45, 2.75) is 32.2 Å². The lowest BCUT2D eigenvalue weighted by molar-refractivity contribution is -0.137. The van der Waals surface area contributed by atoms with E-state index in [2.05, 4.69) is 26.6 Å². The Morgan fingerprint density at radius 2 is 1.95 bits per heavy atom. The van der Waals surface area contributed by atoms with E-state index >= 15 is 0 Å². The van der Waals surface area contributed by atoms with Gasteiger partial charge in [-0.05, 0) is 42.3 Å². The molecule has 0 atom stereocenters. The highest BCUT2D eigenvalue weighted by atomic mass is 79.9. The Hall–Kier alpha value is -1.70. The molecule has 2 amide bonds. The molecule has 3 N–H and O–H groups in total. The monoisotopic (exact) mass is 364 g/mol. The number of halogens is 3. The minimum atomic E-state index is -0.981. The van der Waals surface area contributed by atoms with E-state index < -0.39 is 29.2 Å². The van der Waals surface area contributed by atoms with Crippen LogP contribution in [-0.4, -0.2) is 22.6 Å². The summed E-state index contributed by atoms with van der Waals surface area (Å²) in [5.74, 6) is -2.48. The fourth-order valence-electron chi connectivity index (χ4n) is 1.59. The van der Waals surface area contributed by atoms with Gasteiger partial charge in [-0.1, -0.05) is 0 Å². The molecular formula is C13H15BrF2N2O3. The molecule has 0 saturated carbocycles. The summed E-state index contributed by atoms with van der Waals surface area (Å²) >= 11 is 2.84. The molecule has 1 rings (SSSR count). The third kappa shape index (κ3) is 5.66. The predicted molar refractivity (Wildman–Crippen MR) is 77.2 cm³/mol. The van der Waals surface area contributed by atoms with Gasteiger partial charge < -0.3 is 15.7 Å². The summed E-state index contributed by atoms with van der Waals surface area (Å²) in [7, 11) is 0. The third-order valence-corrected chi connectivity index (χ3v) is 3.23. The normalized spacial score (nSPS) is 11.1. The number of carbonyl (C=O) groups is 2. The van der Waals surface area contributed by atoms with Crippen molar-refractivity contribution >= 4 is 33.6 Å². The zero-order chi connectivity index (χ0) is 16.2. The zero-order valence-electron chi connectivity index (χ0n) is 11.5. The molecule has 0 spiro atoms. The minimum absolute atomic E-state index is 0.108. The Morgan fingerprint density at radius 1 is 1.33 bits per heavy atom. The number of urea groups is 1. The molecule has 1 aromatic carbocycles. The molecule has 0 fully saturated rings. The SMILES string of the molecule is CC(C)(CCC(=O)O)NC(=O)Nc1cc(F)cc(Br)c1F.